The molecule has 1 fully saturated rings. The van der Waals surface area contributed by atoms with Crippen LogP contribution in [0, 0.1) is 0 Å². The van der Waals surface area contributed by atoms with Gasteiger partial charge in [0.25, 0.3) is 0 Å². The molecule has 1 saturated carbocycles. The van der Waals surface area contributed by atoms with Crippen LogP contribution in [-0.4, -0.2) is 108 Å². The molecular weight excluding hydrogens is 789 g/mol. The molecule has 8 unspecified atom stereocenters. The summed E-state index contributed by atoms with van der Waals surface area (Å²) in [6.45, 7) is 3.46. The lowest BCUT2D eigenvalue weighted by Gasteiger charge is -2.41. The molecule has 8 atom stereocenters. The maximum Gasteiger partial charge on any atom is 0.472 e. The summed E-state index contributed by atoms with van der Waals surface area (Å²) in [5.41, 5.74) is 0. The molecule has 0 aromatic carbocycles. The smallest absolute Gasteiger partial charge is 0.393 e. The van der Waals surface area contributed by atoms with Crippen LogP contribution < -0.4 is 5.32 Å². The number of unbranched alkanes of at least 4 members (excludes halogenated alkanes) is 21. The van der Waals surface area contributed by atoms with Crippen molar-refractivity contribution >= 4 is 13.7 Å². The zero-order chi connectivity index (χ0) is 44.4. The van der Waals surface area contributed by atoms with Crippen molar-refractivity contribution < 1.29 is 59.0 Å². The molecule has 14 heteroatoms. The number of amides is 1. The van der Waals surface area contributed by atoms with Crippen LogP contribution in [0.5, 0.6) is 0 Å². The SMILES string of the molecule is CCC/C=C/C(O)C(COP(=O)(O)OC1C(O)C(O)C(O)C(O)C1O)NC(=O)CC(O)CCCCCCCCCCCCC/C=C\C/C=C\CCCCCCCCCCC. The number of aliphatic hydroxyl groups is 7. The number of phosphoric acid groups is 1. The predicted molar refractivity (Wildman–Crippen MR) is 238 cm³/mol. The Balaban J connectivity index is 2.18. The highest BCUT2D eigenvalue weighted by Crippen LogP contribution is 2.47. The number of carbonyl (C=O) groups is 1. The Labute approximate surface area is 362 Å². The average Bonchev–Trinajstić information content (AvgIpc) is 3.22. The highest BCUT2D eigenvalue weighted by molar-refractivity contribution is 7.47. The van der Waals surface area contributed by atoms with Gasteiger partial charge in [-0.1, -0.05) is 172 Å². The fraction of sp³-hybridized carbons (Fsp3) is 0.848. The van der Waals surface area contributed by atoms with Gasteiger partial charge in [-0.3, -0.25) is 13.8 Å². The summed E-state index contributed by atoms with van der Waals surface area (Å²) >= 11 is 0. The van der Waals surface area contributed by atoms with Gasteiger partial charge in [0, 0.05) is 0 Å². The highest BCUT2D eigenvalue weighted by atomic mass is 31.2. The van der Waals surface area contributed by atoms with E-state index >= 15 is 0 Å². The lowest BCUT2D eigenvalue weighted by Crippen LogP contribution is -2.64. The first-order valence-corrected chi connectivity index (χ1v) is 25.0. The van der Waals surface area contributed by atoms with Crippen LogP contribution in [-0.2, 0) is 18.4 Å². The molecule has 0 spiro atoms. The van der Waals surface area contributed by atoms with Gasteiger partial charge < -0.3 is 46.0 Å². The van der Waals surface area contributed by atoms with Crippen LogP contribution in [0.4, 0.5) is 0 Å². The number of hydrogen-bond acceptors (Lipinski definition) is 11. The summed E-state index contributed by atoms with van der Waals surface area (Å²) in [5.74, 6) is -0.606. The number of nitrogens with one attached hydrogen (secondary N) is 1. The number of phosphoric ester groups is 1. The lowest BCUT2D eigenvalue weighted by molar-refractivity contribution is -0.220. The first kappa shape index (κ1) is 56.5. The van der Waals surface area contributed by atoms with E-state index in [2.05, 4.69) is 36.5 Å². The van der Waals surface area contributed by atoms with Crippen LogP contribution in [0.15, 0.2) is 36.5 Å². The normalized spacial score (nSPS) is 23.7. The van der Waals surface area contributed by atoms with Gasteiger partial charge in [0.15, 0.2) is 0 Å². The van der Waals surface area contributed by atoms with Crippen LogP contribution in [0.25, 0.3) is 0 Å². The van der Waals surface area contributed by atoms with Gasteiger partial charge >= 0.3 is 7.82 Å². The molecule has 0 aliphatic heterocycles. The molecule has 352 valence electrons. The molecule has 0 aromatic heterocycles. The molecule has 1 rings (SSSR count). The highest BCUT2D eigenvalue weighted by Gasteiger charge is 2.51. The quantitative estimate of drug-likeness (QED) is 0.0165. The molecular formula is C46H86NO12P. The number of rotatable bonds is 38. The molecule has 0 bridgehead atoms. The van der Waals surface area contributed by atoms with E-state index in [4.69, 9.17) is 9.05 Å². The van der Waals surface area contributed by atoms with Gasteiger partial charge in [0.2, 0.25) is 5.91 Å². The average molecular weight is 876 g/mol. The predicted octanol–water partition coefficient (Wildman–Crippen LogP) is 7.75. The van der Waals surface area contributed by atoms with Gasteiger partial charge in [-0.2, -0.15) is 0 Å². The zero-order valence-electron chi connectivity index (χ0n) is 37.1. The number of allylic oxidation sites excluding steroid dienone is 5. The molecule has 1 aliphatic rings. The van der Waals surface area contributed by atoms with Crippen molar-refractivity contribution in [3.05, 3.63) is 36.5 Å². The van der Waals surface area contributed by atoms with Crippen LogP contribution in [0.1, 0.15) is 187 Å². The first-order valence-electron chi connectivity index (χ1n) is 23.5. The molecule has 9 N–H and O–H groups in total. The minimum atomic E-state index is -5.12. The van der Waals surface area contributed by atoms with Crippen LogP contribution >= 0.6 is 7.82 Å². The number of carbonyl (C=O) groups excluding carboxylic acids is 1. The van der Waals surface area contributed by atoms with Crippen molar-refractivity contribution in [3.8, 4) is 0 Å². The van der Waals surface area contributed by atoms with Gasteiger partial charge in [-0.25, -0.2) is 4.57 Å². The van der Waals surface area contributed by atoms with Gasteiger partial charge in [-0.05, 0) is 44.9 Å². The van der Waals surface area contributed by atoms with E-state index < -0.39 is 75.2 Å². The Morgan fingerprint density at radius 1 is 0.600 bits per heavy atom. The fourth-order valence-corrected chi connectivity index (χ4v) is 8.30. The van der Waals surface area contributed by atoms with Crippen molar-refractivity contribution in [2.45, 2.75) is 242 Å². The van der Waals surface area contributed by atoms with Gasteiger partial charge in [0.05, 0.1) is 31.3 Å². The Morgan fingerprint density at radius 2 is 1.05 bits per heavy atom. The third-order valence-corrected chi connectivity index (χ3v) is 12.2. The summed E-state index contributed by atoms with van der Waals surface area (Å²) in [7, 11) is -5.12. The van der Waals surface area contributed by atoms with Crippen molar-refractivity contribution in [2.75, 3.05) is 6.61 Å². The van der Waals surface area contributed by atoms with E-state index in [0.717, 1.165) is 38.5 Å². The van der Waals surface area contributed by atoms with Crippen LogP contribution in [0.3, 0.4) is 0 Å². The van der Waals surface area contributed by atoms with Gasteiger partial charge in [-0.15, -0.1) is 0 Å². The first-order chi connectivity index (χ1) is 28.8. The van der Waals surface area contributed by atoms with Gasteiger partial charge in [0.1, 0.15) is 36.6 Å². The monoisotopic (exact) mass is 876 g/mol. The molecule has 0 heterocycles. The summed E-state index contributed by atoms with van der Waals surface area (Å²) in [6, 6.07) is -1.24. The number of hydrogen-bond donors (Lipinski definition) is 9. The molecule has 0 radical (unpaired) electrons. The standard InChI is InChI=1S/C46H86NO12P/c1-3-5-7-8-9-10-11-12-13-14-15-16-17-18-19-20-21-22-23-24-25-26-27-28-29-30-32-33-37(48)35-40(50)47-38(39(49)34-31-6-4-2)36-58-60(56,57)59-46-44(54)42(52)41(51)43(53)45(46)55/h15-16,18-19,31,34,37-39,41-46,48-49,51-55H,3-14,17,20-30,32-33,35-36H2,1-2H3,(H,47,50)(H,56,57)/b16-15-,19-18-,34-31+. The van der Waals surface area contributed by atoms with Crippen molar-refractivity contribution in [1.82, 2.24) is 5.32 Å². The van der Waals surface area contributed by atoms with E-state index in [1.165, 1.54) is 122 Å². The Kier molecular flexibility index (Phi) is 33.8. The van der Waals surface area contributed by atoms with E-state index in [1.807, 2.05) is 6.92 Å². The second-order valence-corrected chi connectivity index (χ2v) is 18.2. The second kappa shape index (κ2) is 35.9. The molecule has 60 heavy (non-hydrogen) atoms. The Hall–Kier alpha value is -1.48. The van der Waals surface area contributed by atoms with E-state index in [1.54, 1.807) is 6.08 Å². The molecule has 1 amide bonds. The van der Waals surface area contributed by atoms with Crippen molar-refractivity contribution in [3.63, 3.8) is 0 Å². The second-order valence-electron chi connectivity index (χ2n) is 16.8. The maximum absolute atomic E-state index is 12.8. The van der Waals surface area contributed by atoms with E-state index in [9.17, 15) is 50.0 Å². The van der Waals surface area contributed by atoms with Crippen molar-refractivity contribution in [1.29, 1.82) is 0 Å². The minimum Gasteiger partial charge on any atom is -0.393 e. The van der Waals surface area contributed by atoms with E-state index in [-0.39, 0.29) is 6.42 Å². The molecule has 0 aromatic rings. The summed E-state index contributed by atoms with van der Waals surface area (Å²) in [4.78, 5) is 23.1. The molecule has 13 nitrogen and oxygen atoms in total. The minimum absolute atomic E-state index is 0.249. The maximum atomic E-state index is 12.8. The number of aliphatic hydroxyl groups excluding tert-OH is 7. The largest absolute Gasteiger partial charge is 0.472 e. The fourth-order valence-electron chi connectivity index (χ4n) is 7.34. The van der Waals surface area contributed by atoms with Crippen molar-refractivity contribution in [2.24, 2.45) is 0 Å². The Bertz CT molecular complexity index is 1170. The van der Waals surface area contributed by atoms with Crippen LogP contribution in [0.2, 0.25) is 0 Å². The third kappa shape index (κ3) is 27.6. The summed E-state index contributed by atoms with van der Waals surface area (Å²) in [5, 5.41) is 73.6. The molecule has 1 aliphatic carbocycles. The van der Waals surface area contributed by atoms with E-state index in [0.29, 0.717) is 12.8 Å². The summed E-state index contributed by atoms with van der Waals surface area (Å²) in [6.07, 6.45) is 28.3. The summed E-state index contributed by atoms with van der Waals surface area (Å²) < 4.78 is 22.5. The lowest BCUT2D eigenvalue weighted by atomic mass is 9.85. The third-order valence-electron chi connectivity index (χ3n) is 11.2. The zero-order valence-corrected chi connectivity index (χ0v) is 38.0. The molecule has 0 saturated heterocycles. The Morgan fingerprint density at radius 3 is 1.53 bits per heavy atom. The topological polar surface area (TPSA) is 226 Å².